The fourth-order valence-electron chi connectivity index (χ4n) is 0.867. The van der Waals surface area contributed by atoms with E-state index in [-0.39, 0.29) is 13.0 Å². The van der Waals surface area contributed by atoms with Crippen molar-refractivity contribution in [3.05, 3.63) is 0 Å². The molecule has 0 saturated carbocycles. The van der Waals surface area contributed by atoms with Crippen LogP contribution in [0, 0.1) is 0 Å². The van der Waals surface area contributed by atoms with E-state index in [0.717, 1.165) is 0 Å². The molecule has 1 unspecified atom stereocenters. The van der Waals surface area contributed by atoms with Crippen LogP contribution in [0.4, 0.5) is 13.2 Å². The topological polar surface area (TPSA) is 26.3 Å². The Hall–Kier alpha value is 0.130. The Balaban J connectivity index is 4.24. The van der Waals surface area contributed by atoms with Gasteiger partial charge in [-0.15, -0.1) is 11.6 Å². The van der Waals surface area contributed by atoms with Gasteiger partial charge in [0.1, 0.15) is 0 Å². The summed E-state index contributed by atoms with van der Waals surface area (Å²) in [6, 6.07) is 0. The third kappa shape index (κ3) is 5.46. The van der Waals surface area contributed by atoms with Crippen molar-refractivity contribution in [1.82, 2.24) is 0 Å². The fraction of sp³-hybridized carbons (Fsp3) is 0.875. The van der Waals surface area contributed by atoms with Crippen molar-refractivity contribution in [3.8, 4) is 0 Å². The molecular weight excluding hydrogens is 291 g/mol. The van der Waals surface area contributed by atoms with Crippen LogP contribution < -0.4 is 0 Å². The summed E-state index contributed by atoms with van der Waals surface area (Å²) in [6.07, 6.45) is -5.94. The third-order valence-corrected chi connectivity index (χ3v) is 2.63. The van der Waals surface area contributed by atoms with Gasteiger partial charge in [0.25, 0.3) is 0 Å². The quantitative estimate of drug-likeness (QED) is 0.572. The molecule has 0 N–H and O–H groups in total. The highest BCUT2D eigenvalue weighted by Gasteiger charge is 2.53. The number of carbonyl (C=O) groups excluding carboxylic acids is 1. The number of esters is 1. The Morgan fingerprint density at radius 2 is 1.88 bits per heavy atom. The predicted molar refractivity (Wildman–Crippen MR) is 56.0 cm³/mol. The van der Waals surface area contributed by atoms with E-state index in [1.807, 2.05) is 0 Å². The summed E-state index contributed by atoms with van der Waals surface area (Å²) in [6.45, 7) is 1.71. The average molecular weight is 302 g/mol. The molecule has 0 fully saturated rings. The van der Waals surface area contributed by atoms with Crippen molar-refractivity contribution < 1.29 is 22.7 Å². The Morgan fingerprint density at radius 3 is 2.25 bits per heavy atom. The van der Waals surface area contributed by atoms with E-state index in [2.05, 4.69) is 4.74 Å². The van der Waals surface area contributed by atoms with Gasteiger partial charge in [-0.1, -0.05) is 23.2 Å². The summed E-state index contributed by atoms with van der Waals surface area (Å²) in [7, 11) is 0. The van der Waals surface area contributed by atoms with Gasteiger partial charge in [-0.25, -0.2) is 0 Å². The minimum absolute atomic E-state index is 0.134. The lowest BCUT2D eigenvalue weighted by molar-refractivity contribution is -0.147. The number of rotatable bonds is 5. The average Bonchev–Trinajstić information content (AvgIpc) is 1.99. The molecule has 0 bridgehead atoms. The van der Waals surface area contributed by atoms with E-state index >= 15 is 0 Å². The van der Waals surface area contributed by atoms with E-state index < -0.39 is 28.3 Å². The second-order valence-corrected chi connectivity index (χ2v) is 5.11. The molecule has 0 aromatic carbocycles. The van der Waals surface area contributed by atoms with Gasteiger partial charge in [0, 0.05) is 11.8 Å². The van der Waals surface area contributed by atoms with Gasteiger partial charge in [-0.05, 0) is 6.92 Å². The molecule has 2 nitrogen and oxygen atoms in total. The summed E-state index contributed by atoms with van der Waals surface area (Å²) in [4.78, 5) is 10.9. The maximum Gasteiger partial charge on any atom is 0.421 e. The van der Waals surface area contributed by atoms with Crippen LogP contribution in [0.5, 0.6) is 0 Å². The number of ether oxygens (including phenoxy) is 1. The van der Waals surface area contributed by atoms with Crippen LogP contribution in [0.25, 0.3) is 0 Å². The lowest BCUT2D eigenvalue weighted by Gasteiger charge is -2.24. The molecular formula is C8H10Cl3F3O2. The molecule has 0 saturated heterocycles. The summed E-state index contributed by atoms with van der Waals surface area (Å²) in [5.41, 5.74) is 0. The SMILES string of the molecule is CCOC(=O)CC(Cl)CC(Cl)(Cl)C(F)(F)F. The summed E-state index contributed by atoms with van der Waals surface area (Å²) in [5, 5.41) is -1.13. The summed E-state index contributed by atoms with van der Waals surface area (Å²) in [5.74, 6) is -0.686. The van der Waals surface area contributed by atoms with E-state index in [4.69, 9.17) is 34.8 Å². The summed E-state index contributed by atoms with van der Waals surface area (Å²) < 4.78 is 38.3. The highest BCUT2D eigenvalue weighted by Crippen LogP contribution is 2.44. The molecule has 0 aliphatic heterocycles. The number of alkyl halides is 6. The maximum absolute atomic E-state index is 12.2. The Bertz CT molecular complexity index is 243. The van der Waals surface area contributed by atoms with Gasteiger partial charge >= 0.3 is 12.1 Å². The van der Waals surface area contributed by atoms with Crippen LogP contribution in [-0.2, 0) is 9.53 Å². The molecule has 0 spiro atoms. The van der Waals surface area contributed by atoms with Crippen LogP contribution in [0.1, 0.15) is 19.8 Å². The predicted octanol–water partition coefficient (Wildman–Crippen LogP) is 3.67. The van der Waals surface area contributed by atoms with Crippen LogP contribution in [0.3, 0.4) is 0 Å². The second kappa shape index (κ2) is 6.17. The van der Waals surface area contributed by atoms with Crippen molar-refractivity contribution >= 4 is 40.8 Å². The first-order chi connectivity index (χ1) is 7.10. The lowest BCUT2D eigenvalue weighted by atomic mass is 10.1. The van der Waals surface area contributed by atoms with Gasteiger partial charge in [0.05, 0.1) is 13.0 Å². The Labute approximate surface area is 106 Å². The first-order valence-electron chi connectivity index (χ1n) is 4.34. The molecule has 1 atom stereocenters. The minimum atomic E-state index is -4.79. The van der Waals surface area contributed by atoms with Gasteiger partial charge in [-0.3, -0.25) is 4.79 Å². The zero-order valence-electron chi connectivity index (χ0n) is 8.28. The molecule has 0 aliphatic carbocycles. The zero-order chi connectivity index (χ0) is 13.0. The molecule has 0 aromatic rings. The van der Waals surface area contributed by atoms with Crippen molar-refractivity contribution in [1.29, 1.82) is 0 Å². The van der Waals surface area contributed by atoms with Gasteiger partial charge in [-0.2, -0.15) is 13.2 Å². The Kier molecular flexibility index (Phi) is 6.22. The fourth-order valence-corrected chi connectivity index (χ4v) is 1.75. The zero-order valence-corrected chi connectivity index (χ0v) is 10.6. The third-order valence-electron chi connectivity index (χ3n) is 1.59. The standard InChI is InChI=1S/C8H10Cl3F3O2/c1-2-16-6(15)3-5(9)4-7(10,11)8(12,13)14/h5H,2-4H2,1H3. The number of halogens is 6. The Morgan fingerprint density at radius 1 is 1.38 bits per heavy atom. The number of carbonyl (C=O) groups is 1. The van der Waals surface area contributed by atoms with Crippen molar-refractivity contribution in [2.45, 2.75) is 35.7 Å². The van der Waals surface area contributed by atoms with E-state index in [9.17, 15) is 18.0 Å². The molecule has 16 heavy (non-hydrogen) atoms. The smallest absolute Gasteiger partial charge is 0.421 e. The molecule has 0 rings (SSSR count). The van der Waals surface area contributed by atoms with Gasteiger partial charge < -0.3 is 4.74 Å². The van der Waals surface area contributed by atoms with Crippen molar-refractivity contribution in [2.24, 2.45) is 0 Å². The molecule has 0 amide bonds. The highest BCUT2D eigenvalue weighted by atomic mass is 35.5. The van der Waals surface area contributed by atoms with Crippen molar-refractivity contribution in [3.63, 3.8) is 0 Å². The lowest BCUT2D eigenvalue weighted by Crippen LogP contribution is -2.36. The van der Waals surface area contributed by atoms with Crippen LogP contribution in [0.15, 0.2) is 0 Å². The van der Waals surface area contributed by atoms with E-state index in [1.54, 1.807) is 6.92 Å². The van der Waals surface area contributed by atoms with Crippen LogP contribution >= 0.6 is 34.8 Å². The molecule has 96 valence electrons. The van der Waals surface area contributed by atoms with Gasteiger partial charge in [0.2, 0.25) is 4.33 Å². The molecule has 0 heterocycles. The molecule has 0 aliphatic rings. The van der Waals surface area contributed by atoms with Crippen LogP contribution in [0.2, 0.25) is 0 Å². The normalized spacial score (nSPS) is 14.7. The molecule has 8 heteroatoms. The second-order valence-electron chi connectivity index (χ2n) is 3.01. The first kappa shape index (κ1) is 16.1. The number of hydrogen-bond acceptors (Lipinski definition) is 2. The minimum Gasteiger partial charge on any atom is -0.466 e. The van der Waals surface area contributed by atoms with Gasteiger partial charge in [0.15, 0.2) is 0 Å². The molecule has 0 aromatic heterocycles. The van der Waals surface area contributed by atoms with Crippen molar-refractivity contribution in [2.75, 3.05) is 6.61 Å². The maximum atomic E-state index is 12.2. The summed E-state index contributed by atoms with van der Waals surface area (Å²) >= 11 is 15.7. The highest BCUT2D eigenvalue weighted by molar-refractivity contribution is 6.49. The van der Waals surface area contributed by atoms with Crippen LogP contribution in [-0.4, -0.2) is 28.5 Å². The number of hydrogen-bond donors (Lipinski definition) is 0. The molecule has 0 radical (unpaired) electrons. The largest absolute Gasteiger partial charge is 0.466 e. The monoisotopic (exact) mass is 300 g/mol. The first-order valence-corrected chi connectivity index (χ1v) is 5.53. The van der Waals surface area contributed by atoms with E-state index in [1.165, 1.54) is 0 Å². The van der Waals surface area contributed by atoms with E-state index in [0.29, 0.717) is 0 Å².